The zero-order valence-electron chi connectivity index (χ0n) is 13.4. The van der Waals surface area contributed by atoms with Crippen LogP contribution in [-0.2, 0) is 0 Å². The molecule has 0 aliphatic carbocycles. The molecule has 0 saturated heterocycles. The normalized spacial score (nSPS) is 14.6. The fourth-order valence-corrected chi connectivity index (χ4v) is 2.22. The van der Waals surface area contributed by atoms with E-state index < -0.39 is 0 Å². The van der Waals surface area contributed by atoms with Crippen LogP contribution in [0.25, 0.3) is 0 Å². The van der Waals surface area contributed by atoms with Gasteiger partial charge in [-0.15, -0.1) is 0 Å². The second-order valence-corrected chi connectivity index (χ2v) is 7.31. The van der Waals surface area contributed by atoms with Crippen molar-refractivity contribution in [2.75, 3.05) is 13.2 Å². The molecule has 0 radical (unpaired) electrons. The average molecular weight is 342 g/mol. The third-order valence-electron chi connectivity index (χ3n) is 4.06. The van der Waals surface area contributed by atoms with Gasteiger partial charge in [-0.2, -0.15) is 0 Å². The third-order valence-corrected chi connectivity index (χ3v) is 4.59. The van der Waals surface area contributed by atoms with E-state index in [4.69, 9.17) is 4.74 Å². The fourth-order valence-electron chi connectivity index (χ4n) is 1.95. The minimum absolute atomic E-state index is 0.264. The van der Waals surface area contributed by atoms with Crippen LogP contribution < -0.4 is 10.1 Å². The quantitative estimate of drug-likeness (QED) is 0.727. The van der Waals surface area contributed by atoms with Crippen molar-refractivity contribution in [3.05, 3.63) is 28.7 Å². The third kappa shape index (κ3) is 5.84. The molecule has 114 valence electrons. The Hall–Kier alpha value is -0.540. The Kier molecular flexibility index (Phi) is 7.04. The summed E-state index contributed by atoms with van der Waals surface area (Å²) < 4.78 is 6.95. The molecule has 0 amide bonds. The van der Waals surface area contributed by atoms with Gasteiger partial charge in [-0.25, -0.2) is 0 Å². The van der Waals surface area contributed by atoms with E-state index in [-0.39, 0.29) is 5.41 Å². The first-order valence-corrected chi connectivity index (χ1v) is 8.24. The van der Waals surface area contributed by atoms with Crippen molar-refractivity contribution < 1.29 is 4.74 Å². The summed E-state index contributed by atoms with van der Waals surface area (Å²) in [6.07, 6.45) is 1.06. The van der Waals surface area contributed by atoms with Crippen LogP contribution in [0.5, 0.6) is 5.75 Å². The summed E-state index contributed by atoms with van der Waals surface area (Å²) in [6, 6.07) is 8.56. The molecule has 0 spiro atoms. The highest BCUT2D eigenvalue weighted by Crippen LogP contribution is 2.30. The van der Waals surface area contributed by atoms with E-state index >= 15 is 0 Å². The molecule has 0 bridgehead atoms. The summed E-state index contributed by atoms with van der Waals surface area (Å²) in [5.74, 6) is 1.57. The lowest BCUT2D eigenvalue weighted by molar-refractivity contribution is 0.147. The van der Waals surface area contributed by atoms with E-state index in [2.05, 4.69) is 55.9 Å². The van der Waals surface area contributed by atoms with Gasteiger partial charge in [-0.05, 0) is 42.0 Å². The van der Waals surface area contributed by atoms with Gasteiger partial charge in [0.2, 0.25) is 0 Å². The molecule has 1 atom stereocenters. The van der Waals surface area contributed by atoms with Crippen molar-refractivity contribution in [2.24, 2.45) is 11.3 Å². The average Bonchev–Trinajstić information content (AvgIpc) is 2.38. The molecule has 0 aliphatic heterocycles. The van der Waals surface area contributed by atoms with Crippen LogP contribution in [-0.4, -0.2) is 19.2 Å². The topological polar surface area (TPSA) is 21.3 Å². The maximum Gasteiger partial charge on any atom is 0.119 e. The van der Waals surface area contributed by atoms with Gasteiger partial charge in [0, 0.05) is 17.1 Å². The van der Waals surface area contributed by atoms with Crippen molar-refractivity contribution in [1.82, 2.24) is 5.32 Å². The Morgan fingerprint density at radius 3 is 2.25 bits per heavy atom. The lowest BCUT2D eigenvalue weighted by atomic mass is 9.76. The molecule has 1 rings (SSSR count). The molecule has 20 heavy (non-hydrogen) atoms. The fraction of sp³-hybridized carbons (Fsp3) is 0.647. The van der Waals surface area contributed by atoms with Crippen LogP contribution in [0.4, 0.5) is 0 Å². The van der Waals surface area contributed by atoms with Crippen molar-refractivity contribution in [3.63, 3.8) is 0 Å². The van der Waals surface area contributed by atoms with E-state index in [0.29, 0.717) is 12.0 Å². The summed E-state index contributed by atoms with van der Waals surface area (Å²) in [5.41, 5.74) is 0.264. The monoisotopic (exact) mass is 341 g/mol. The highest BCUT2D eigenvalue weighted by Gasteiger charge is 2.28. The van der Waals surface area contributed by atoms with Crippen molar-refractivity contribution in [3.8, 4) is 5.75 Å². The molecule has 1 N–H and O–H groups in total. The standard InChI is InChI=1S/C17H28BrNO/c1-13(2)17(5,12-19-14(3)4)10-11-20-16-8-6-15(18)7-9-16/h6-9,13-14,19H,10-12H2,1-5H3. The molecule has 3 heteroatoms. The maximum absolute atomic E-state index is 5.87. The predicted molar refractivity (Wildman–Crippen MR) is 90.3 cm³/mol. The lowest BCUT2D eigenvalue weighted by Crippen LogP contribution is -2.40. The lowest BCUT2D eigenvalue weighted by Gasteiger charge is -2.35. The molecule has 0 fully saturated rings. The summed E-state index contributed by atoms with van der Waals surface area (Å²) >= 11 is 3.43. The number of benzene rings is 1. The second-order valence-electron chi connectivity index (χ2n) is 6.40. The predicted octanol–water partition coefficient (Wildman–Crippen LogP) is 4.88. The van der Waals surface area contributed by atoms with Gasteiger partial charge in [-0.3, -0.25) is 0 Å². The Labute approximate surface area is 132 Å². The molecular formula is C17H28BrNO. The highest BCUT2D eigenvalue weighted by molar-refractivity contribution is 9.10. The Bertz CT molecular complexity index is 388. The van der Waals surface area contributed by atoms with Gasteiger partial charge in [0.15, 0.2) is 0 Å². The Morgan fingerprint density at radius 1 is 1.15 bits per heavy atom. The molecule has 1 unspecified atom stereocenters. The zero-order chi connectivity index (χ0) is 15.2. The number of nitrogens with one attached hydrogen (secondary N) is 1. The molecule has 0 aromatic heterocycles. The van der Waals surface area contributed by atoms with E-state index in [0.717, 1.165) is 29.8 Å². The van der Waals surface area contributed by atoms with Crippen molar-refractivity contribution in [1.29, 1.82) is 0 Å². The summed E-state index contributed by atoms with van der Waals surface area (Å²) in [5, 5.41) is 3.56. The van der Waals surface area contributed by atoms with E-state index in [1.165, 1.54) is 0 Å². The van der Waals surface area contributed by atoms with Gasteiger partial charge < -0.3 is 10.1 Å². The second kappa shape index (κ2) is 8.04. The molecule has 1 aromatic rings. The minimum Gasteiger partial charge on any atom is -0.494 e. The first kappa shape index (κ1) is 17.5. The Morgan fingerprint density at radius 2 is 1.75 bits per heavy atom. The summed E-state index contributed by atoms with van der Waals surface area (Å²) in [7, 11) is 0. The van der Waals surface area contributed by atoms with Crippen LogP contribution in [0, 0.1) is 11.3 Å². The van der Waals surface area contributed by atoms with Crippen LogP contribution >= 0.6 is 15.9 Å². The highest BCUT2D eigenvalue weighted by atomic mass is 79.9. The smallest absolute Gasteiger partial charge is 0.119 e. The van der Waals surface area contributed by atoms with Crippen LogP contribution in [0.2, 0.25) is 0 Å². The van der Waals surface area contributed by atoms with Gasteiger partial charge in [-0.1, -0.05) is 50.5 Å². The maximum atomic E-state index is 5.87. The van der Waals surface area contributed by atoms with Crippen molar-refractivity contribution in [2.45, 2.75) is 47.1 Å². The zero-order valence-corrected chi connectivity index (χ0v) is 15.0. The number of ether oxygens (including phenoxy) is 1. The molecular weight excluding hydrogens is 314 g/mol. The number of halogens is 1. The van der Waals surface area contributed by atoms with Gasteiger partial charge in [0.05, 0.1) is 6.61 Å². The largest absolute Gasteiger partial charge is 0.494 e. The molecule has 0 heterocycles. The first-order chi connectivity index (χ1) is 9.33. The van der Waals surface area contributed by atoms with Gasteiger partial charge in [0.25, 0.3) is 0 Å². The van der Waals surface area contributed by atoms with Gasteiger partial charge >= 0.3 is 0 Å². The first-order valence-electron chi connectivity index (χ1n) is 7.45. The van der Waals surface area contributed by atoms with E-state index in [9.17, 15) is 0 Å². The summed E-state index contributed by atoms with van der Waals surface area (Å²) in [6.45, 7) is 13.1. The summed E-state index contributed by atoms with van der Waals surface area (Å²) in [4.78, 5) is 0. The molecule has 1 aromatic carbocycles. The molecule has 0 aliphatic rings. The minimum atomic E-state index is 0.264. The van der Waals surface area contributed by atoms with Crippen LogP contribution in [0.3, 0.4) is 0 Å². The van der Waals surface area contributed by atoms with Crippen LogP contribution in [0.1, 0.15) is 41.0 Å². The van der Waals surface area contributed by atoms with E-state index in [1.54, 1.807) is 0 Å². The number of hydrogen-bond donors (Lipinski definition) is 1. The SMILES string of the molecule is CC(C)NCC(C)(CCOc1ccc(Br)cc1)C(C)C. The van der Waals surface area contributed by atoms with Crippen molar-refractivity contribution >= 4 is 15.9 Å². The molecule has 0 saturated carbocycles. The van der Waals surface area contributed by atoms with E-state index in [1.807, 2.05) is 24.3 Å². The Balaban J connectivity index is 2.48. The number of rotatable bonds is 8. The number of hydrogen-bond acceptors (Lipinski definition) is 2. The van der Waals surface area contributed by atoms with Crippen LogP contribution in [0.15, 0.2) is 28.7 Å². The molecule has 2 nitrogen and oxygen atoms in total. The van der Waals surface area contributed by atoms with Gasteiger partial charge in [0.1, 0.15) is 5.75 Å².